The average Bonchev–Trinajstić information content (AvgIpc) is 2.75. The predicted octanol–water partition coefficient (Wildman–Crippen LogP) is 2.88. The van der Waals surface area contributed by atoms with Crippen molar-refractivity contribution >= 4 is 23.2 Å². The number of Topliss-reactive ketones (excluding diaryl/α,β-unsaturated/α-hetero) is 2. The van der Waals surface area contributed by atoms with Gasteiger partial charge in [0.05, 0.1) is 18.5 Å². The smallest absolute Gasteiger partial charge is 0.202 e. The summed E-state index contributed by atoms with van der Waals surface area (Å²) >= 11 is 5.82. The average molecular weight is 278 g/mol. The molecule has 0 atom stereocenters. The van der Waals surface area contributed by atoms with Crippen molar-refractivity contribution in [3.8, 4) is 0 Å². The van der Waals surface area contributed by atoms with E-state index < -0.39 is 0 Å². The molecule has 1 heterocycles. The van der Waals surface area contributed by atoms with E-state index in [2.05, 4.69) is 4.98 Å². The Kier molecular flexibility index (Phi) is 4.12. The predicted molar refractivity (Wildman–Crippen MR) is 70.4 cm³/mol. The maximum Gasteiger partial charge on any atom is 0.202 e. The van der Waals surface area contributed by atoms with E-state index in [9.17, 15) is 9.59 Å². The number of nitrogens with zero attached hydrogens (tertiary/aromatic N) is 1. The van der Waals surface area contributed by atoms with Crippen LogP contribution in [0.5, 0.6) is 0 Å². The molecule has 0 unspecified atom stereocenters. The van der Waals surface area contributed by atoms with Gasteiger partial charge in [0.15, 0.2) is 5.78 Å². The number of hydrogen-bond acceptors (Lipinski definition) is 4. The van der Waals surface area contributed by atoms with Crippen molar-refractivity contribution in [2.75, 3.05) is 0 Å². The van der Waals surface area contributed by atoms with E-state index in [0.29, 0.717) is 22.2 Å². The number of oxazole rings is 1. The van der Waals surface area contributed by atoms with Gasteiger partial charge < -0.3 is 4.42 Å². The number of benzene rings is 1. The molecule has 0 spiro atoms. The summed E-state index contributed by atoms with van der Waals surface area (Å²) in [5.41, 5.74) is 1.06. The normalized spacial score (nSPS) is 10.4. The molecule has 1 aromatic carbocycles. The van der Waals surface area contributed by atoms with Gasteiger partial charge in [-0.25, -0.2) is 4.98 Å². The molecule has 0 N–H and O–H groups in total. The molecule has 98 valence electrons. The molecule has 19 heavy (non-hydrogen) atoms. The highest BCUT2D eigenvalue weighted by Crippen LogP contribution is 2.13. The fraction of sp³-hybridized carbons (Fsp3) is 0.214. The molecule has 0 radical (unpaired) electrons. The van der Waals surface area contributed by atoms with Crippen LogP contribution in [-0.4, -0.2) is 16.6 Å². The lowest BCUT2D eigenvalue weighted by molar-refractivity contribution is -0.116. The van der Waals surface area contributed by atoms with Gasteiger partial charge in [-0.2, -0.15) is 0 Å². The summed E-state index contributed by atoms with van der Waals surface area (Å²) in [6.45, 7) is 1.48. The van der Waals surface area contributed by atoms with Crippen molar-refractivity contribution in [2.45, 2.75) is 19.8 Å². The maximum atomic E-state index is 12.0. The van der Waals surface area contributed by atoms with Crippen molar-refractivity contribution in [1.82, 2.24) is 4.98 Å². The Morgan fingerprint density at radius 1 is 1.32 bits per heavy atom. The van der Waals surface area contributed by atoms with Crippen LogP contribution in [0.25, 0.3) is 0 Å². The first-order chi connectivity index (χ1) is 9.04. The van der Waals surface area contributed by atoms with Crippen molar-refractivity contribution in [2.24, 2.45) is 0 Å². The Morgan fingerprint density at radius 3 is 2.79 bits per heavy atom. The van der Waals surface area contributed by atoms with Crippen LogP contribution >= 0.6 is 11.6 Å². The van der Waals surface area contributed by atoms with E-state index in [4.69, 9.17) is 16.0 Å². The Balaban J connectivity index is 2.06. The van der Waals surface area contributed by atoms with Crippen LogP contribution in [0.4, 0.5) is 0 Å². The summed E-state index contributed by atoms with van der Waals surface area (Å²) in [6, 6.07) is 6.71. The minimum Gasteiger partial charge on any atom is -0.448 e. The third-order valence-electron chi connectivity index (χ3n) is 2.49. The van der Waals surface area contributed by atoms with Gasteiger partial charge in [0.2, 0.25) is 5.89 Å². The van der Waals surface area contributed by atoms with Gasteiger partial charge in [-0.1, -0.05) is 23.7 Å². The van der Waals surface area contributed by atoms with E-state index in [1.165, 1.54) is 13.2 Å². The van der Waals surface area contributed by atoms with Gasteiger partial charge in [0.1, 0.15) is 12.0 Å². The molecule has 0 saturated heterocycles. The monoisotopic (exact) mass is 277 g/mol. The van der Waals surface area contributed by atoms with Gasteiger partial charge in [-0.05, 0) is 19.1 Å². The number of carbonyl (C=O) groups is 2. The topological polar surface area (TPSA) is 60.2 Å². The number of hydrogen-bond donors (Lipinski definition) is 0. The molecule has 4 nitrogen and oxygen atoms in total. The molecule has 0 fully saturated rings. The molecule has 5 heteroatoms. The zero-order chi connectivity index (χ0) is 13.8. The van der Waals surface area contributed by atoms with E-state index >= 15 is 0 Å². The van der Waals surface area contributed by atoms with Gasteiger partial charge in [-0.3, -0.25) is 9.59 Å². The maximum absolute atomic E-state index is 12.0. The fourth-order valence-electron chi connectivity index (χ4n) is 1.67. The highest BCUT2D eigenvalue weighted by molar-refractivity contribution is 6.31. The van der Waals surface area contributed by atoms with Crippen LogP contribution in [0.15, 0.2) is 34.9 Å². The molecule has 1 aromatic heterocycles. The summed E-state index contributed by atoms with van der Waals surface area (Å²) in [4.78, 5) is 27.0. The highest BCUT2D eigenvalue weighted by atomic mass is 35.5. The lowest BCUT2D eigenvalue weighted by atomic mass is 10.1. The SMILES string of the molecule is CC(=O)Cc1coc(CC(=O)c2cccc(Cl)c2)n1. The first kappa shape index (κ1) is 13.5. The summed E-state index contributed by atoms with van der Waals surface area (Å²) in [5.74, 6) is 0.181. The molecule has 0 aliphatic carbocycles. The lowest BCUT2D eigenvalue weighted by Crippen LogP contribution is -2.04. The van der Waals surface area contributed by atoms with Crippen LogP contribution < -0.4 is 0 Å². The number of ketones is 2. The number of aromatic nitrogens is 1. The van der Waals surface area contributed by atoms with Crippen molar-refractivity contribution in [3.63, 3.8) is 0 Å². The lowest BCUT2D eigenvalue weighted by Gasteiger charge is -1.98. The fourth-order valence-corrected chi connectivity index (χ4v) is 1.86. The molecule has 0 bridgehead atoms. The molecule has 0 aliphatic heterocycles. The first-order valence-electron chi connectivity index (χ1n) is 5.76. The van der Waals surface area contributed by atoms with E-state index in [1.54, 1.807) is 24.3 Å². The Morgan fingerprint density at radius 2 is 2.11 bits per heavy atom. The number of carbonyl (C=O) groups excluding carboxylic acids is 2. The van der Waals surface area contributed by atoms with Crippen LogP contribution in [0.3, 0.4) is 0 Å². The third kappa shape index (κ3) is 3.76. The molecule has 0 amide bonds. The van der Waals surface area contributed by atoms with E-state index in [-0.39, 0.29) is 24.4 Å². The van der Waals surface area contributed by atoms with Crippen LogP contribution in [-0.2, 0) is 17.6 Å². The van der Waals surface area contributed by atoms with Crippen molar-refractivity contribution < 1.29 is 14.0 Å². The van der Waals surface area contributed by atoms with E-state index in [1.807, 2.05) is 0 Å². The highest BCUT2D eigenvalue weighted by Gasteiger charge is 2.12. The second kappa shape index (κ2) is 5.80. The quantitative estimate of drug-likeness (QED) is 0.789. The standard InChI is InChI=1S/C14H12ClNO3/c1-9(17)5-12-8-19-14(16-12)7-13(18)10-3-2-4-11(15)6-10/h2-4,6,8H,5,7H2,1H3. The molecule has 0 saturated carbocycles. The Bertz CT molecular complexity index is 619. The van der Waals surface area contributed by atoms with Crippen LogP contribution in [0.2, 0.25) is 5.02 Å². The van der Waals surface area contributed by atoms with Crippen LogP contribution in [0, 0.1) is 0 Å². The summed E-state index contributed by atoms with van der Waals surface area (Å²) in [6.07, 6.45) is 1.68. The van der Waals surface area contributed by atoms with Crippen LogP contribution in [0.1, 0.15) is 28.9 Å². The second-order valence-electron chi connectivity index (χ2n) is 4.22. The van der Waals surface area contributed by atoms with Crippen molar-refractivity contribution in [1.29, 1.82) is 0 Å². The zero-order valence-corrected chi connectivity index (χ0v) is 11.1. The van der Waals surface area contributed by atoms with E-state index in [0.717, 1.165) is 0 Å². The summed E-state index contributed by atoms with van der Waals surface area (Å²) in [7, 11) is 0. The van der Waals surface area contributed by atoms with Crippen molar-refractivity contribution in [3.05, 3.63) is 52.7 Å². The third-order valence-corrected chi connectivity index (χ3v) is 2.72. The van der Waals surface area contributed by atoms with Gasteiger partial charge in [-0.15, -0.1) is 0 Å². The largest absolute Gasteiger partial charge is 0.448 e. The molecular formula is C14H12ClNO3. The van der Waals surface area contributed by atoms with Gasteiger partial charge in [0.25, 0.3) is 0 Å². The minimum atomic E-state index is -0.126. The summed E-state index contributed by atoms with van der Waals surface area (Å²) < 4.78 is 5.17. The minimum absolute atomic E-state index is 0.000942. The first-order valence-corrected chi connectivity index (χ1v) is 6.14. The summed E-state index contributed by atoms with van der Waals surface area (Å²) in [5, 5.41) is 0.510. The van der Waals surface area contributed by atoms with Gasteiger partial charge in [0, 0.05) is 10.6 Å². The zero-order valence-electron chi connectivity index (χ0n) is 10.4. The molecule has 2 aromatic rings. The second-order valence-corrected chi connectivity index (χ2v) is 4.66. The Labute approximate surface area is 115 Å². The Hall–Kier alpha value is -1.94. The van der Waals surface area contributed by atoms with Gasteiger partial charge >= 0.3 is 0 Å². The number of rotatable bonds is 5. The number of halogens is 1. The molecular weight excluding hydrogens is 266 g/mol. The molecule has 2 rings (SSSR count). The molecule has 0 aliphatic rings.